The third-order valence-corrected chi connectivity index (χ3v) is 7.51. The van der Waals surface area contributed by atoms with E-state index in [1.54, 1.807) is 25.7 Å². The van der Waals surface area contributed by atoms with E-state index in [1.807, 2.05) is 53.7 Å². The summed E-state index contributed by atoms with van der Waals surface area (Å²) in [6.07, 6.45) is 6.03. The molecule has 0 spiro atoms. The SMILES string of the molecule is CCC(C)C(NC(=O)OC(C)(C)C)C(=O)N(C(C)CC)C(C(=O)NC1CCCCC1)c1cc(C)cc(C)c1. The molecule has 7 nitrogen and oxygen atoms in total. The highest BCUT2D eigenvalue weighted by atomic mass is 16.6. The van der Waals surface area contributed by atoms with Crippen molar-refractivity contribution in [2.75, 3.05) is 0 Å². The van der Waals surface area contributed by atoms with Crippen LogP contribution in [0.2, 0.25) is 0 Å². The molecular formula is C31H51N3O4. The van der Waals surface area contributed by atoms with E-state index in [-0.39, 0.29) is 29.8 Å². The lowest BCUT2D eigenvalue weighted by atomic mass is 9.92. The van der Waals surface area contributed by atoms with Crippen LogP contribution in [0.1, 0.15) is 116 Å². The molecule has 4 atom stereocenters. The van der Waals surface area contributed by atoms with Gasteiger partial charge in [0.05, 0.1) is 0 Å². The normalized spacial score (nSPS) is 17.6. The van der Waals surface area contributed by atoms with Gasteiger partial charge >= 0.3 is 6.09 Å². The second kappa shape index (κ2) is 14.0. The highest BCUT2D eigenvalue weighted by Crippen LogP contribution is 2.30. The van der Waals surface area contributed by atoms with E-state index in [0.29, 0.717) is 12.8 Å². The molecule has 1 fully saturated rings. The van der Waals surface area contributed by atoms with E-state index in [0.717, 1.165) is 42.4 Å². The molecule has 1 aromatic rings. The number of amides is 3. The van der Waals surface area contributed by atoms with E-state index >= 15 is 0 Å². The van der Waals surface area contributed by atoms with Crippen LogP contribution in [0.4, 0.5) is 4.79 Å². The van der Waals surface area contributed by atoms with E-state index in [1.165, 1.54) is 6.42 Å². The Labute approximate surface area is 230 Å². The minimum Gasteiger partial charge on any atom is -0.444 e. The van der Waals surface area contributed by atoms with Gasteiger partial charge in [-0.2, -0.15) is 0 Å². The molecule has 0 aliphatic heterocycles. The number of aryl methyl sites for hydroxylation is 2. The van der Waals surface area contributed by atoms with E-state index in [4.69, 9.17) is 4.74 Å². The molecule has 1 aliphatic rings. The Balaban J connectivity index is 2.55. The summed E-state index contributed by atoms with van der Waals surface area (Å²) in [4.78, 5) is 43.0. The Hall–Kier alpha value is -2.57. The van der Waals surface area contributed by atoms with Gasteiger partial charge in [-0.25, -0.2) is 4.79 Å². The molecule has 0 heterocycles. The smallest absolute Gasteiger partial charge is 0.408 e. The minimum absolute atomic E-state index is 0.115. The second-order valence-corrected chi connectivity index (χ2v) is 12.2. The van der Waals surface area contributed by atoms with Crippen LogP contribution >= 0.6 is 0 Å². The predicted octanol–water partition coefficient (Wildman–Crippen LogP) is 6.36. The second-order valence-electron chi connectivity index (χ2n) is 12.2. The summed E-state index contributed by atoms with van der Waals surface area (Å²) in [5.41, 5.74) is 2.18. The highest BCUT2D eigenvalue weighted by Gasteiger charge is 2.40. The lowest BCUT2D eigenvalue weighted by Gasteiger charge is -2.40. The Morgan fingerprint density at radius 3 is 2.05 bits per heavy atom. The third-order valence-electron chi connectivity index (χ3n) is 7.51. The number of carbonyl (C=O) groups excluding carboxylic acids is 3. The van der Waals surface area contributed by atoms with Gasteiger partial charge in [-0.15, -0.1) is 0 Å². The molecule has 0 bridgehead atoms. The molecule has 0 radical (unpaired) electrons. The van der Waals surface area contributed by atoms with Crippen molar-refractivity contribution in [1.29, 1.82) is 0 Å². The van der Waals surface area contributed by atoms with Gasteiger partial charge in [0.1, 0.15) is 17.7 Å². The Morgan fingerprint density at radius 1 is 0.974 bits per heavy atom. The Kier molecular flexibility index (Phi) is 11.7. The van der Waals surface area contributed by atoms with Crippen LogP contribution in [0, 0.1) is 19.8 Å². The van der Waals surface area contributed by atoms with Gasteiger partial charge in [0.25, 0.3) is 0 Å². The summed E-state index contributed by atoms with van der Waals surface area (Å²) in [5.74, 6) is -0.568. The zero-order valence-electron chi connectivity index (χ0n) is 25.1. The number of ether oxygens (including phenoxy) is 1. The fraction of sp³-hybridized carbons (Fsp3) is 0.710. The first-order chi connectivity index (χ1) is 17.8. The van der Waals surface area contributed by atoms with Crippen molar-refractivity contribution in [2.24, 2.45) is 5.92 Å². The molecule has 0 saturated heterocycles. The van der Waals surface area contributed by atoms with Crippen molar-refractivity contribution < 1.29 is 19.1 Å². The molecule has 1 saturated carbocycles. The maximum absolute atomic E-state index is 14.4. The van der Waals surface area contributed by atoms with Crippen LogP contribution in [0.25, 0.3) is 0 Å². The highest BCUT2D eigenvalue weighted by molar-refractivity contribution is 5.92. The number of carbonyl (C=O) groups is 3. The molecule has 2 N–H and O–H groups in total. The third kappa shape index (κ3) is 9.02. The van der Waals surface area contributed by atoms with Gasteiger partial charge in [-0.1, -0.05) is 75.8 Å². The zero-order chi connectivity index (χ0) is 28.6. The quantitative estimate of drug-likeness (QED) is 0.369. The standard InChI is InChI=1S/C31H51N3O4/c1-10-22(5)26(33-30(37)38-31(7,8)9)29(36)34(23(6)11-2)27(24-18-20(3)17-21(4)19-24)28(35)32-25-15-13-12-14-16-25/h17-19,22-23,25-27H,10-16H2,1-9H3,(H,32,35)(H,33,37). The van der Waals surface area contributed by atoms with Crippen molar-refractivity contribution in [3.8, 4) is 0 Å². The molecule has 4 unspecified atom stereocenters. The minimum atomic E-state index is -0.820. The van der Waals surface area contributed by atoms with Gasteiger partial charge in [0, 0.05) is 12.1 Å². The van der Waals surface area contributed by atoms with Crippen LogP contribution in [-0.2, 0) is 14.3 Å². The maximum atomic E-state index is 14.4. The number of rotatable bonds is 10. The first-order valence-electron chi connectivity index (χ1n) is 14.5. The van der Waals surface area contributed by atoms with Crippen LogP contribution < -0.4 is 10.6 Å². The van der Waals surface area contributed by atoms with E-state index in [9.17, 15) is 14.4 Å². The van der Waals surface area contributed by atoms with Crippen molar-refractivity contribution in [3.05, 3.63) is 34.9 Å². The number of benzene rings is 1. The molecule has 1 aromatic carbocycles. The molecule has 3 amide bonds. The number of nitrogens with zero attached hydrogens (tertiary/aromatic N) is 1. The molecule has 38 heavy (non-hydrogen) atoms. The summed E-state index contributed by atoms with van der Waals surface area (Å²) >= 11 is 0. The summed E-state index contributed by atoms with van der Waals surface area (Å²) in [5, 5.41) is 6.13. The maximum Gasteiger partial charge on any atom is 0.408 e. The molecular weight excluding hydrogens is 478 g/mol. The molecule has 214 valence electrons. The summed E-state index contributed by atoms with van der Waals surface area (Å²) in [6.45, 7) is 17.3. The van der Waals surface area contributed by atoms with Crippen molar-refractivity contribution in [3.63, 3.8) is 0 Å². The van der Waals surface area contributed by atoms with Crippen molar-refractivity contribution >= 4 is 17.9 Å². The number of hydrogen-bond donors (Lipinski definition) is 2. The lowest BCUT2D eigenvalue weighted by Crippen LogP contribution is -2.57. The molecule has 7 heteroatoms. The molecule has 2 rings (SSSR count). The van der Waals surface area contributed by atoms with Crippen LogP contribution in [0.15, 0.2) is 18.2 Å². The van der Waals surface area contributed by atoms with Crippen LogP contribution in [0.5, 0.6) is 0 Å². The number of nitrogens with one attached hydrogen (secondary N) is 2. The molecule has 1 aliphatic carbocycles. The van der Waals surface area contributed by atoms with Gasteiger partial charge in [0.15, 0.2) is 0 Å². The van der Waals surface area contributed by atoms with E-state index in [2.05, 4.69) is 16.7 Å². The number of hydrogen-bond acceptors (Lipinski definition) is 4. The first-order valence-corrected chi connectivity index (χ1v) is 14.5. The van der Waals surface area contributed by atoms with Crippen LogP contribution in [-0.4, -0.2) is 46.5 Å². The summed E-state index contributed by atoms with van der Waals surface area (Å²) < 4.78 is 5.50. The van der Waals surface area contributed by atoms with Gasteiger partial charge in [-0.05, 0) is 72.3 Å². The van der Waals surface area contributed by atoms with Crippen LogP contribution in [0.3, 0.4) is 0 Å². The predicted molar refractivity (Wildman–Crippen MR) is 153 cm³/mol. The van der Waals surface area contributed by atoms with Gasteiger partial charge in [-0.3, -0.25) is 9.59 Å². The number of alkyl carbamates (subject to hydrolysis) is 1. The largest absolute Gasteiger partial charge is 0.444 e. The monoisotopic (exact) mass is 529 g/mol. The average molecular weight is 530 g/mol. The first kappa shape index (κ1) is 31.6. The Bertz CT molecular complexity index is 929. The van der Waals surface area contributed by atoms with Crippen molar-refractivity contribution in [2.45, 2.75) is 137 Å². The summed E-state index contributed by atoms with van der Waals surface area (Å²) in [6, 6.07) is 4.34. The average Bonchev–Trinajstić information content (AvgIpc) is 2.83. The lowest BCUT2D eigenvalue weighted by molar-refractivity contribution is -0.146. The topological polar surface area (TPSA) is 87.7 Å². The summed E-state index contributed by atoms with van der Waals surface area (Å²) in [7, 11) is 0. The molecule has 0 aromatic heterocycles. The van der Waals surface area contributed by atoms with E-state index < -0.39 is 23.8 Å². The van der Waals surface area contributed by atoms with Gasteiger partial charge < -0.3 is 20.3 Å². The fourth-order valence-electron chi connectivity index (χ4n) is 5.21. The zero-order valence-corrected chi connectivity index (χ0v) is 25.1. The van der Waals surface area contributed by atoms with Crippen molar-refractivity contribution in [1.82, 2.24) is 15.5 Å². The Morgan fingerprint density at radius 2 is 1.55 bits per heavy atom. The fourth-order valence-corrected chi connectivity index (χ4v) is 5.21. The van der Waals surface area contributed by atoms with Gasteiger partial charge in [0.2, 0.25) is 11.8 Å².